The lowest BCUT2D eigenvalue weighted by Crippen LogP contribution is -2.12. The summed E-state index contributed by atoms with van der Waals surface area (Å²) in [7, 11) is 0. The van der Waals surface area contributed by atoms with E-state index in [4.69, 9.17) is 0 Å². The van der Waals surface area contributed by atoms with Crippen LogP contribution in [0.5, 0.6) is 0 Å². The summed E-state index contributed by atoms with van der Waals surface area (Å²) >= 11 is 0. The van der Waals surface area contributed by atoms with Gasteiger partial charge in [0.1, 0.15) is 12.7 Å². The molecule has 5 rings (SSSR count). The van der Waals surface area contributed by atoms with Crippen molar-refractivity contribution in [2.24, 2.45) is 0 Å². The highest BCUT2D eigenvalue weighted by atomic mass is 16.1. The number of rotatable bonds is 4. The van der Waals surface area contributed by atoms with Gasteiger partial charge in [0.2, 0.25) is 0 Å². The topological polar surface area (TPSA) is 106 Å². The molecule has 0 radical (unpaired) electrons. The maximum absolute atomic E-state index is 12.6. The molecule has 0 aliphatic carbocycles. The lowest BCUT2D eigenvalue weighted by molar-refractivity contribution is 0.102. The molecular weight excluding hydrogens is 392 g/mol. The van der Waals surface area contributed by atoms with E-state index in [1.807, 2.05) is 30.3 Å². The van der Waals surface area contributed by atoms with Crippen molar-refractivity contribution in [2.75, 3.05) is 5.32 Å². The lowest BCUT2D eigenvalue weighted by Gasteiger charge is -2.08. The Bertz CT molecular complexity index is 1420. The zero-order valence-corrected chi connectivity index (χ0v) is 16.2. The van der Waals surface area contributed by atoms with Gasteiger partial charge in [-0.05, 0) is 42.5 Å². The number of aromatic nitrogens is 5. The van der Waals surface area contributed by atoms with E-state index in [2.05, 4.69) is 25.6 Å². The van der Waals surface area contributed by atoms with Crippen LogP contribution in [0.4, 0.5) is 5.69 Å². The SMILES string of the molecule is O=C(Nc1ccc(-c2n[nH]c(=O)c3ccccc23)cc1)c1ccc(-n2cncn2)cc1. The molecule has 0 fully saturated rings. The maximum atomic E-state index is 12.6. The van der Waals surface area contributed by atoms with Crippen LogP contribution in [0, 0.1) is 0 Å². The number of carbonyl (C=O) groups is 1. The van der Waals surface area contributed by atoms with Crippen LogP contribution in [0.3, 0.4) is 0 Å². The van der Waals surface area contributed by atoms with E-state index in [0.717, 1.165) is 16.6 Å². The Morgan fingerprint density at radius 3 is 2.35 bits per heavy atom. The minimum Gasteiger partial charge on any atom is -0.322 e. The van der Waals surface area contributed by atoms with E-state index in [1.165, 1.54) is 6.33 Å². The van der Waals surface area contributed by atoms with Gasteiger partial charge in [0, 0.05) is 22.2 Å². The number of anilines is 1. The van der Waals surface area contributed by atoms with Crippen LogP contribution in [0.25, 0.3) is 27.7 Å². The fourth-order valence-electron chi connectivity index (χ4n) is 3.36. The Morgan fingerprint density at radius 1 is 0.903 bits per heavy atom. The smallest absolute Gasteiger partial charge is 0.272 e. The fourth-order valence-corrected chi connectivity index (χ4v) is 3.36. The quantitative estimate of drug-likeness (QED) is 0.474. The zero-order valence-electron chi connectivity index (χ0n) is 16.2. The van der Waals surface area contributed by atoms with Gasteiger partial charge in [-0.3, -0.25) is 9.59 Å². The van der Waals surface area contributed by atoms with E-state index in [-0.39, 0.29) is 11.5 Å². The van der Waals surface area contributed by atoms with E-state index in [1.54, 1.807) is 53.5 Å². The van der Waals surface area contributed by atoms with Gasteiger partial charge in [-0.1, -0.05) is 30.3 Å². The predicted octanol–water partition coefficient (Wildman–Crippen LogP) is 3.42. The molecule has 8 nitrogen and oxygen atoms in total. The number of aromatic amines is 1. The third kappa shape index (κ3) is 3.58. The van der Waals surface area contributed by atoms with Gasteiger partial charge in [-0.15, -0.1) is 0 Å². The van der Waals surface area contributed by atoms with Crippen molar-refractivity contribution in [1.82, 2.24) is 25.0 Å². The van der Waals surface area contributed by atoms with Gasteiger partial charge in [0.05, 0.1) is 16.8 Å². The first-order valence-electron chi connectivity index (χ1n) is 9.53. The first kappa shape index (κ1) is 18.4. The minimum atomic E-state index is -0.224. The molecule has 8 heteroatoms. The lowest BCUT2D eigenvalue weighted by atomic mass is 10.0. The predicted molar refractivity (Wildman–Crippen MR) is 117 cm³/mol. The van der Waals surface area contributed by atoms with Crippen molar-refractivity contribution < 1.29 is 4.79 Å². The molecule has 0 spiro atoms. The number of nitrogens with one attached hydrogen (secondary N) is 2. The third-order valence-corrected chi connectivity index (χ3v) is 4.93. The zero-order chi connectivity index (χ0) is 21.2. The Hall–Kier alpha value is -4.59. The monoisotopic (exact) mass is 408 g/mol. The molecular formula is C23H16N6O2. The second kappa shape index (κ2) is 7.68. The average Bonchev–Trinajstić information content (AvgIpc) is 3.35. The largest absolute Gasteiger partial charge is 0.322 e. The highest BCUT2D eigenvalue weighted by molar-refractivity contribution is 6.04. The summed E-state index contributed by atoms with van der Waals surface area (Å²) in [5.41, 5.74) is 3.29. The molecule has 0 atom stereocenters. The van der Waals surface area contributed by atoms with Gasteiger partial charge in [0.15, 0.2) is 0 Å². The van der Waals surface area contributed by atoms with E-state index in [0.29, 0.717) is 22.3 Å². The first-order valence-corrected chi connectivity index (χ1v) is 9.53. The minimum absolute atomic E-state index is 0.217. The van der Waals surface area contributed by atoms with Gasteiger partial charge in [-0.25, -0.2) is 14.8 Å². The van der Waals surface area contributed by atoms with Crippen LogP contribution in [-0.2, 0) is 0 Å². The van der Waals surface area contributed by atoms with Crippen LogP contribution < -0.4 is 10.9 Å². The highest BCUT2D eigenvalue weighted by Gasteiger charge is 2.10. The number of carbonyl (C=O) groups excluding carboxylic acids is 1. The molecule has 3 aromatic carbocycles. The van der Waals surface area contributed by atoms with Gasteiger partial charge < -0.3 is 5.32 Å². The van der Waals surface area contributed by atoms with Crippen molar-refractivity contribution in [2.45, 2.75) is 0 Å². The Labute approximate surface area is 176 Å². The molecule has 150 valence electrons. The molecule has 0 saturated heterocycles. The van der Waals surface area contributed by atoms with Crippen LogP contribution in [0.15, 0.2) is 90.2 Å². The summed E-state index contributed by atoms with van der Waals surface area (Å²) in [5.74, 6) is -0.217. The van der Waals surface area contributed by atoms with Gasteiger partial charge >= 0.3 is 0 Å². The number of hydrogen-bond acceptors (Lipinski definition) is 5. The molecule has 2 aromatic heterocycles. The molecule has 0 unspecified atom stereocenters. The first-order chi connectivity index (χ1) is 15.2. The molecule has 0 saturated carbocycles. The number of H-pyrrole nitrogens is 1. The van der Waals surface area contributed by atoms with E-state index < -0.39 is 0 Å². The number of amides is 1. The normalized spacial score (nSPS) is 10.8. The standard InChI is InChI=1S/C23H16N6O2/c30-22(16-7-11-18(12-8-16)29-14-24-13-25-29)26-17-9-5-15(6-10-17)21-19-3-1-2-4-20(19)23(31)28-27-21/h1-14H,(H,26,30)(H,28,31). The summed E-state index contributed by atoms with van der Waals surface area (Å²) < 4.78 is 1.62. The summed E-state index contributed by atoms with van der Waals surface area (Å²) in [5, 5.41) is 15.1. The van der Waals surface area contributed by atoms with Crippen molar-refractivity contribution in [3.8, 4) is 16.9 Å². The van der Waals surface area contributed by atoms with Crippen LogP contribution in [-0.4, -0.2) is 30.9 Å². The van der Waals surface area contributed by atoms with Crippen LogP contribution in [0.1, 0.15) is 10.4 Å². The molecule has 0 aliphatic rings. The summed E-state index contributed by atoms with van der Waals surface area (Å²) in [4.78, 5) is 28.5. The Morgan fingerprint density at radius 2 is 1.65 bits per heavy atom. The van der Waals surface area contributed by atoms with Crippen molar-refractivity contribution >= 4 is 22.4 Å². The Kier molecular flexibility index (Phi) is 4.57. The molecule has 2 heterocycles. The second-order valence-electron chi connectivity index (χ2n) is 6.87. The van der Waals surface area contributed by atoms with Gasteiger partial charge in [0.25, 0.3) is 11.5 Å². The number of benzene rings is 3. The molecule has 0 bridgehead atoms. The average molecular weight is 408 g/mol. The van der Waals surface area contributed by atoms with Crippen molar-refractivity contribution in [1.29, 1.82) is 0 Å². The third-order valence-electron chi connectivity index (χ3n) is 4.93. The number of fused-ring (bicyclic) bond motifs is 1. The summed E-state index contributed by atoms with van der Waals surface area (Å²) in [6.07, 6.45) is 3.05. The molecule has 5 aromatic rings. The molecule has 2 N–H and O–H groups in total. The summed E-state index contributed by atoms with van der Waals surface area (Å²) in [6.45, 7) is 0. The van der Waals surface area contributed by atoms with Crippen molar-refractivity contribution in [3.05, 3.63) is 101 Å². The fraction of sp³-hybridized carbons (Fsp3) is 0. The second-order valence-corrected chi connectivity index (χ2v) is 6.87. The highest BCUT2D eigenvalue weighted by Crippen LogP contribution is 2.25. The van der Waals surface area contributed by atoms with E-state index in [9.17, 15) is 9.59 Å². The summed E-state index contributed by atoms with van der Waals surface area (Å²) in [6, 6.07) is 21.7. The number of hydrogen-bond donors (Lipinski definition) is 2. The molecule has 31 heavy (non-hydrogen) atoms. The van der Waals surface area contributed by atoms with Gasteiger partial charge in [-0.2, -0.15) is 10.2 Å². The number of nitrogens with zero attached hydrogens (tertiary/aromatic N) is 4. The maximum Gasteiger partial charge on any atom is 0.272 e. The van der Waals surface area contributed by atoms with Crippen molar-refractivity contribution in [3.63, 3.8) is 0 Å². The Balaban J connectivity index is 1.36. The molecule has 1 amide bonds. The molecule has 0 aliphatic heterocycles. The van der Waals surface area contributed by atoms with Crippen LogP contribution >= 0.6 is 0 Å². The van der Waals surface area contributed by atoms with Crippen LogP contribution in [0.2, 0.25) is 0 Å². The van der Waals surface area contributed by atoms with E-state index >= 15 is 0 Å².